The summed E-state index contributed by atoms with van der Waals surface area (Å²) in [6.45, 7) is 0.572. The van der Waals surface area contributed by atoms with Crippen LogP contribution >= 0.6 is 31.9 Å². The molecule has 1 aliphatic rings. The van der Waals surface area contributed by atoms with Crippen LogP contribution in [0.25, 0.3) is 0 Å². The molecule has 0 unspecified atom stereocenters. The van der Waals surface area contributed by atoms with Gasteiger partial charge in [-0.3, -0.25) is 0 Å². The van der Waals surface area contributed by atoms with Crippen molar-refractivity contribution in [3.63, 3.8) is 0 Å². The molecular formula is C8H13Br2NO4S. The molecule has 0 saturated carbocycles. The molecule has 0 radical (unpaired) electrons. The number of ether oxygens (including phenoxy) is 1. The molecule has 1 heterocycles. The highest BCUT2D eigenvalue weighted by Gasteiger charge is 2.27. The number of halogens is 2. The predicted molar refractivity (Wildman–Crippen MR) is 67.8 cm³/mol. The summed E-state index contributed by atoms with van der Waals surface area (Å²) >= 11 is 6.33. The topological polar surface area (TPSA) is 72.5 Å². The fourth-order valence-corrected chi connectivity index (χ4v) is 3.58. The molecule has 8 heteroatoms. The smallest absolute Gasteiger partial charge is 0.407 e. The molecule has 1 fully saturated rings. The first-order valence-electron chi connectivity index (χ1n) is 4.78. The first-order valence-corrected chi connectivity index (χ1v) is 8.43. The van der Waals surface area contributed by atoms with Gasteiger partial charge >= 0.3 is 6.09 Å². The van der Waals surface area contributed by atoms with Gasteiger partial charge in [-0.2, -0.15) is 0 Å². The Kier molecular flexibility index (Phi) is 5.52. The second-order valence-electron chi connectivity index (χ2n) is 3.64. The first kappa shape index (κ1) is 14.2. The number of hydrogen-bond acceptors (Lipinski definition) is 4. The zero-order valence-corrected chi connectivity index (χ0v) is 12.5. The lowest BCUT2D eigenvalue weighted by Gasteiger charge is -2.10. The quantitative estimate of drug-likeness (QED) is 0.747. The molecular weight excluding hydrogens is 366 g/mol. The molecule has 1 saturated heterocycles. The standard InChI is InChI=1S/C8H13Br2NO4S/c9-7(10)4-15-8(12)11-3-6-1-2-16(13,14)5-6/h6-7H,1-5H2,(H,11,12)/t6-/m0/s1. The third-order valence-electron chi connectivity index (χ3n) is 2.20. The molecule has 5 nitrogen and oxygen atoms in total. The van der Waals surface area contributed by atoms with E-state index >= 15 is 0 Å². The molecule has 0 aliphatic carbocycles. The molecule has 1 atom stereocenters. The average Bonchev–Trinajstić information content (AvgIpc) is 2.52. The van der Waals surface area contributed by atoms with Crippen molar-refractivity contribution in [2.45, 2.75) is 10.2 Å². The summed E-state index contributed by atoms with van der Waals surface area (Å²) in [6, 6.07) is 0. The molecule has 0 bridgehead atoms. The zero-order chi connectivity index (χ0) is 12.2. The van der Waals surface area contributed by atoms with Crippen LogP contribution in [0.15, 0.2) is 0 Å². The van der Waals surface area contributed by atoms with E-state index in [1.807, 2.05) is 0 Å². The molecule has 16 heavy (non-hydrogen) atoms. The van der Waals surface area contributed by atoms with Gasteiger partial charge in [-0.25, -0.2) is 13.2 Å². The maximum Gasteiger partial charge on any atom is 0.407 e. The Balaban J connectivity index is 2.18. The number of alkyl halides is 2. The second kappa shape index (κ2) is 6.20. The van der Waals surface area contributed by atoms with Gasteiger partial charge in [0.25, 0.3) is 0 Å². The van der Waals surface area contributed by atoms with Crippen LogP contribution in [0.4, 0.5) is 4.79 Å². The summed E-state index contributed by atoms with van der Waals surface area (Å²) < 4.78 is 27.0. The summed E-state index contributed by atoms with van der Waals surface area (Å²) in [6.07, 6.45) is 0.0930. The molecule has 0 aromatic carbocycles. The number of sulfone groups is 1. The maximum atomic E-state index is 11.1. The Hall–Kier alpha value is 0.180. The van der Waals surface area contributed by atoms with E-state index in [9.17, 15) is 13.2 Å². The van der Waals surface area contributed by atoms with Gasteiger partial charge in [0.1, 0.15) is 10.3 Å². The van der Waals surface area contributed by atoms with E-state index in [1.165, 1.54) is 0 Å². The predicted octanol–water partition coefficient (Wildman–Crippen LogP) is 1.26. The van der Waals surface area contributed by atoms with Crippen molar-refractivity contribution < 1.29 is 17.9 Å². The molecule has 0 aromatic rings. The van der Waals surface area contributed by atoms with Crippen LogP contribution in [-0.4, -0.2) is 42.9 Å². The number of nitrogens with one attached hydrogen (secondary N) is 1. The van der Waals surface area contributed by atoms with Gasteiger partial charge in [-0.15, -0.1) is 0 Å². The molecule has 1 amide bonds. The van der Waals surface area contributed by atoms with Crippen molar-refractivity contribution in [1.29, 1.82) is 0 Å². The van der Waals surface area contributed by atoms with Crippen LogP contribution in [0.5, 0.6) is 0 Å². The van der Waals surface area contributed by atoms with Crippen LogP contribution in [0.3, 0.4) is 0 Å². The number of carbonyl (C=O) groups excluding carboxylic acids is 1. The first-order chi connectivity index (χ1) is 7.39. The van der Waals surface area contributed by atoms with E-state index in [2.05, 4.69) is 37.2 Å². The minimum atomic E-state index is -2.88. The highest BCUT2D eigenvalue weighted by atomic mass is 79.9. The number of carbonyl (C=O) groups is 1. The molecule has 0 aromatic heterocycles. The van der Waals surface area contributed by atoms with Crippen molar-refractivity contribution >= 4 is 47.8 Å². The van der Waals surface area contributed by atoms with Crippen LogP contribution in [0, 0.1) is 5.92 Å². The summed E-state index contributed by atoms with van der Waals surface area (Å²) in [4.78, 5) is 11.1. The van der Waals surface area contributed by atoms with Crippen LogP contribution < -0.4 is 5.32 Å². The Morgan fingerprint density at radius 3 is 2.69 bits per heavy atom. The number of rotatable bonds is 4. The minimum absolute atomic E-state index is 0.0151. The fraction of sp³-hybridized carbons (Fsp3) is 0.875. The normalized spacial score (nSPS) is 23.3. The van der Waals surface area contributed by atoms with Crippen LogP contribution in [0.1, 0.15) is 6.42 Å². The summed E-state index contributed by atoms with van der Waals surface area (Å²) in [5.41, 5.74) is 0. The van der Waals surface area contributed by atoms with Gasteiger partial charge < -0.3 is 10.1 Å². The van der Waals surface area contributed by atoms with Gasteiger partial charge in [-0.1, -0.05) is 31.9 Å². The van der Waals surface area contributed by atoms with Gasteiger partial charge in [0.2, 0.25) is 0 Å². The van der Waals surface area contributed by atoms with Crippen LogP contribution in [0.2, 0.25) is 0 Å². The van der Waals surface area contributed by atoms with Gasteiger partial charge in [0, 0.05) is 6.54 Å². The zero-order valence-electron chi connectivity index (χ0n) is 8.49. The van der Waals surface area contributed by atoms with Gasteiger partial charge in [0.05, 0.1) is 11.5 Å². The lowest BCUT2D eigenvalue weighted by Crippen LogP contribution is -2.31. The largest absolute Gasteiger partial charge is 0.447 e. The molecule has 1 aliphatic heterocycles. The Labute approximate surface area is 111 Å². The Bertz CT molecular complexity index is 344. The molecule has 1 rings (SSSR count). The van der Waals surface area contributed by atoms with E-state index in [4.69, 9.17) is 4.74 Å². The van der Waals surface area contributed by atoms with Gasteiger partial charge in [0.15, 0.2) is 9.84 Å². The fourth-order valence-electron chi connectivity index (χ4n) is 1.45. The Morgan fingerprint density at radius 1 is 1.50 bits per heavy atom. The molecule has 0 spiro atoms. The summed E-state index contributed by atoms with van der Waals surface area (Å²) in [5.74, 6) is 0.396. The van der Waals surface area contributed by atoms with Crippen molar-refractivity contribution in [3.05, 3.63) is 0 Å². The van der Waals surface area contributed by atoms with E-state index in [0.717, 1.165) is 0 Å². The summed E-state index contributed by atoms with van der Waals surface area (Å²) in [7, 11) is -2.88. The summed E-state index contributed by atoms with van der Waals surface area (Å²) in [5, 5.41) is 2.55. The monoisotopic (exact) mass is 377 g/mol. The lowest BCUT2D eigenvalue weighted by molar-refractivity contribution is 0.151. The number of alkyl carbamates (subject to hydrolysis) is 1. The highest BCUT2D eigenvalue weighted by molar-refractivity contribution is 9.24. The second-order valence-corrected chi connectivity index (χ2v) is 9.31. The van der Waals surface area contributed by atoms with E-state index in [1.54, 1.807) is 0 Å². The van der Waals surface area contributed by atoms with E-state index < -0.39 is 15.9 Å². The van der Waals surface area contributed by atoms with Crippen molar-refractivity contribution in [1.82, 2.24) is 5.32 Å². The van der Waals surface area contributed by atoms with Crippen molar-refractivity contribution in [3.8, 4) is 0 Å². The maximum absolute atomic E-state index is 11.1. The van der Waals surface area contributed by atoms with E-state index in [0.29, 0.717) is 13.0 Å². The number of amides is 1. The highest BCUT2D eigenvalue weighted by Crippen LogP contribution is 2.17. The molecule has 1 N–H and O–H groups in total. The lowest BCUT2D eigenvalue weighted by atomic mass is 10.1. The van der Waals surface area contributed by atoms with Crippen LogP contribution in [-0.2, 0) is 14.6 Å². The third-order valence-corrected chi connectivity index (χ3v) is 4.57. The Morgan fingerprint density at radius 2 is 2.19 bits per heavy atom. The SMILES string of the molecule is O=C(NC[C@@H]1CCS(=O)(=O)C1)OCC(Br)Br. The average molecular weight is 379 g/mol. The molecule has 94 valence electrons. The van der Waals surface area contributed by atoms with Crippen molar-refractivity contribution in [2.75, 3.05) is 24.7 Å². The number of hydrogen-bond donors (Lipinski definition) is 1. The van der Waals surface area contributed by atoms with E-state index in [-0.39, 0.29) is 27.8 Å². The van der Waals surface area contributed by atoms with Crippen molar-refractivity contribution in [2.24, 2.45) is 5.92 Å². The van der Waals surface area contributed by atoms with Gasteiger partial charge in [-0.05, 0) is 12.3 Å². The minimum Gasteiger partial charge on any atom is -0.447 e. The third kappa shape index (κ3) is 5.49.